The van der Waals surface area contributed by atoms with Gasteiger partial charge >= 0.3 is 0 Å². The van der Waals surface area contributed by atoms with Gasteiger partial charge in [-0.3, -0.25) is 4.79 Å². The summed E-state index contributed by atoms with van der Waals surface area (Å²) in [5.41, 5.74) is 0. The Hall–Kier alpha value is -0.680. The number of carbonyl (C=O) groups is 1. The Morgan fingerprint density at radius 1 is 1.79 bits per heavy atom. The number of rotatable bonds is 2. The van der Waals surface area contributed by atoms with Gasteiger partial charge in [0.2, 0.25) is 0 Å². The lowest BCUT2D eigenvalue weighted by molar-refractivity contribution is 0.0754. The Balaban J connectivity index is 2.11. The molecule has 1 aliphatic rings. The summed E-state index contributed by atoms with van der Waals surface area (Å²) in [6.45, 7) is 0.800. The zero-order chi connectivity index (χ0) is 9.97. The van der Waals surface area contributed by atoms with E-state index in [2.05, 4.69) is 9.59 Å². The van der Waals surface area contributed by atoms with E-state index in [1.54, 1.807) is 0 Å². The second kappa shape index (κ2) is 4.23. The van der Waals surface area contributed by atoms with Gasteiger partial charge in [0.05, 0.1) is 6.20 Å². The molecular formula is C8H10ClN3OS. The molecule has 1 amide bonds. The van der Waals surface area contributed by atoms with Crippen LogP contribution < -0.4 is 0 Å². The van der Waals surface area contributed by atoms with Crippen molar-refractivity contribution in [1.29, 1.82) is 0 Å². The summed E-state index contributed by atoms with van der Waals surface area (Å²) in [4.78, 5) is 14.3. The van der Waals surface area contributed by atoms with Gasteiger partial charge in [-0.25, -0.2) is 0 Å². The van der Waals surface area contributed by atoms with Gasteiger partial charge in [-0.05, 0) is 24.4 Å². The number of nitrogens with zero attached hydrogens (tertiary/aromatic N) is 3. The average Bonchev–Trinajstić information content (AvgIpc) is 2.87. The highest BCUT2D eigenvalue weighted by atomic mass is 35.5. The molecule has 0 saturated carbocycles. The van der Waals surface area contributed by atoms with Crippen molar-refractivity contribution in [1.82, 2.24) is 14.5 Å². The molecule has 2 heterocycles. The van der Waals surface area contributed by atoms with E-state index in [-0.39, 0.29) is 11.9 Å². The molecule has 1 aromatic heterocycles. The number of amides is 1. The molecule has 2 rings (SSSR count). The van der Waals surface area contributed by atoms with Crippen molar-refractivity contribution >= 4 is 29.0 Å². The minimum absolute atomic E-state index is 0.0168. The van der Waals surface area contributed by atoms with Crippen LogP contribution in [0.2, 0.25) is 0 Å². The molecule has 0 spiro atoms. The van der Waals surface area contributed by atoms with Crippen molar-refractivity contribution in [2.45, 2.75) is 18.9 Å². The van der Waals surface area contributed by atoms with E-state index >= 15 is 0 Å². The molecule has 6 heteroatoms. The van der Waals surface area contributed by atoms with Crippen LogP contribution in [0.25, 0.3) is 0 Å². The van der Waals surface area contributed by atoms with Crippen LogP contribution in [-0.2, 0) is 0 Å². The molecule has 0 bridgehead atoms. The third-order valence-corrected chi connectivity index (χ3v) is 3.40. The first-order valence-electron chi connectivity index (χ1n) is 4.47. The second-order valence-electron chi connectivity index (χ2n) is 3.23. The molecule has 1 aromatic rings. The summed E-state index contributed by atoms with van der Waals surface area (Å²) < 4.78 is 3.68. The Labute approximate surface area is 91.0 Å². The van der Waals surface area contributed by atoms with Gasteiger partial charge in [0, 0.05) is 18.5 Å². The van der Waals surface area contributed by atoms with Crippen molar-refractivity contribution in [2.75, 3.05) is 12.4 Å². The maximum absolute atomic E-state index is 11.9. The number of hydrogen-bond acceptors (Lipinski definition) is 4. The summed E-state index contributed by atoms with van der Waals surface area (Å²) in [5.74, 6) is 0.529. The van der Waals surface area contributed by atoms with Crippen molar-refractivity contribution in [3.05, 3.63) is 11.1 Å². The first kappa shape index (κ1) is 9.86. The van der Waals surface area contributed by atoms with Gasteiger partial charge in [0.15, 0.2) is 0 Å². The highest BCUT2D eigenvalue weighted by Crippen LogP contribution is 2.21. The SMILES string of the molecule is O=C(c1cnns1)N1CCCC1CCl. The van der Waals surface area contributed by atoms with E-state index in [1.807, 2.05) is 4.90 Å². The predicted molar refractivity (Wildman–Crippen MR) is 54.7 cm³/mol. The lowest BCUT2D eigenvalue weighted by Crippen LogP contribution is -2.36. The fourth-order valence-electron chi connectivity index (χ4n) is 1.67. The number of halogens is 1. The van der Waals surface area contributed by atoms with Crippen molar-refractivity contribution in [2.24, 2.45) is 0 Å². The van der Waals surface area contributed by atoms with E-state index in [0.29, 0.717) is 10.8 Å². The van der Waals surface area contributed by atoms with Crippen LogP contribution in [0.3, 0.4) is 0 Å². The third kappa shape index (κ3) is 1.74. The zero-order valence-corrected chi connectivity index (χ0v) is 9.09. The number of alkyl halides is 1. The Bertz CT molecular complexity index is 316. The second-order valence-corrected chi connectivity index (χ2v) is 4.32. The van der Waals surface area contributed by atoms with Crippen LogP contribution in [0.5, 0.6) is 0 Å². The average molecular weight is 232 g/mol. The monoisotopic (exact) mass is 231 g/mol. The maximum Gasteiger partial charge on any atom is 0.267 e. The summed E-state index contributed by atoms with van der Waals surface area (Å²) >= 11 is 6.92. The van der Waals surface area contributed by atoms with Crippen molar-refractivity contribution in [3.8, 4) is 0 Å². The molecule has 4 nitrogen and oxygen atoms in total. The van der Waals surface area contributed by atoms with E-state index < -0.39 is 0 Å². The lowest BCUT2D eigenvalue weighted by atomic mass is 10.2. The topological polar surface area (TPSA) is 46.1 Å². The summed E-state index contributed by atoms with van der Waals surface area (Å²) in [5, 5.41) is 3.65. The van der Waals surface area contributed by atoms with E-state index in [9.17, 15) is 4.79 Å². The quantitative estimate of drug-likeness (QED) is 0.723. The molecule has 0 aliphatic carbocycles. The van der Waals surface area contributed by atoms with Crippen LogP contribution in [0, 0.1) is 0 Å². The maximum atomic E-state index is 11.9. The summed E-state index contributed by atoms with van der Waals surface area (Å²) in [7, 11) is 0. The molecule has 0 N–H and O–H groups in total. The number of hydrogen-bond donors (Lipinski definition) is 0. The van der Waals surface area contributed by atoms with Gasteiger partial charge in [-0.2, -0.15) is 0 Å². The third-order valence-electron chi connectivity index (χ3n) is 2.39. The Kier molecular flexibility index (Phi) is 2.98. The molecule has 1 atom stereocenters. The summed E-state index contributed by atoms with van der Waals surface area (Å²) in [6, 6.07) is 0.186. The molecule has 0 aromatic carbocycles. The smallest absolute Gasteiger partial charge is 0.267 e. The van der Waals surface area contributed by atoms with Crippen LogP contribution in [0.1, 0.15) is 22.5 Å². The normalized spacial score (nSPS) is 21.5. The molecule has 1 saturated heterocycles. The minimum atomic E-state index is 0.0168. The van der Waals surface area contributed by atoms with Crippen LogP contribution in [-0.4, -0.2) is 38.9 Å². The standard InChI is InChI=1S/C8H10ClN3OS/c9-4-6-2-1-3-12(6)8(13)7-5-10-11-14-7/h5-6H,1-4H2. The lowest BCUT2D eigenvalue weighted by Gasteiger charge is -2.21. The first-order valence-corrected chi connectivity index (χ1v) is 5.78. The molecular weight excluding hydrogens is 222 g/mol. The molecule has 1 unspecified atom stereocenters. The highest BCUT2D eigenvalue weighted by Gasteiger charge is 2.29. The number of likely N-dealkylation sites (tertiary alicyclic amines) is 1. The van der Waals surface area contributed by atoms with Gasteiger partial charge in [0.25, 0.3) is 5.91 Å². The molecule has 76 valence electrons. The van der Waals surface area contributed by atoms with Crippen molar-refractivity contribution < 1.29 is 4.79 Å². The van der Waals surface area contributed by atoms with Gasteiger partial charge in [-0.1, -0.05) is 4.49 Å². The fourth-order valence-corrected chi connectivity index (χ4v) is 2.46. The molecule has 1 fully saturated rings. The highest BCUT2D eigenvalue weighted by molar-refractivity contribution is 7.07. The fraction of sp³-hybridized carbons (Fsp3) is 0.625. The number of aromatic nitrogens is 2. The first-order chi connectivity index (χ1) is 6.83. The predicted octanol–water partition coefficient (Wildman–Crippen LogP) is 1.38. The van der Waals surface area contributed by atoms with E-state index in [4.69, 9.17) is 11.6 Å². The molecule has 1 aliphatic heterocycles. The molecule has 14 heavy (non-hydrogen) atoms. The largest absolute Gasteiger partial charge is 0.334 e. The van der Waals surface area contributed by atoms with Gasteiger partial charge in [0.1, 0.15) is 4.88 Å². The Morgan fingerprint density at radius 2 is 2.64 bits per heavy atom. The van der Waals surface area contributed by atoms with Crippen molar-refractivity contribution in [3.63, 3.8) is 0 Å². The minimum Gasteiger partial charge on any atom is -0.334 e. The van der Waals surface area contributed by atoms with Crippen LogP contribution >= 0.6 is 23.1 Å². The van der Waals surface area contributed by atoms with E-state index in [1.165, 1.54) is 6.20 Å². The zero-order valence-electron chi connectivity index (χ0n) is 7.52. The molecule has 0 radical (unpaired) electrons. The van der Waals surface area contributed by atoms with Crippen LogP contribution in [0.15, 0.2) is 6.20 Å². The number of carbonyl (C=O) groups excluding carboxylic acids is 1. The van der Waals surface area contributed by atoms with Gasteiger partial charge < -0.3 is 4.90 Å². The summed E-state index contributed by atoms with van der Waals surface area (Å²) in [6.07, 6.45) is 3.55. The van der Waals surface area contributed by atoms with Gasteiger partial charge in [-0.15, -0.1) is 16.7 Å². The Morgan fingerprint density at radius 3 is 3.29 bits per heavy atom. The van der Waals surface area contributed by atoms with E-state index in [0.717, 1.165) is 30.9 Å². The van der Waals surface area contributed by atoms with Crippen LogP contribution in [0.4, 0.5) is 0 Å².